The summed E-state index contributed by atoms with van der Waals surface area (Å²) in [7, 11) is 0. The molecule has 0 fully saturated rings. The van der Waals surface area contributed by atoms with Crippen LogP contribution in [0.2, 0.25) is 0 Å². The van der Waals surface area contributed by atoms with Crippen LogP contribution in [0, 0.1) is 0 Å². The van der Waals surface area contributed by atoms with Crippen molar-refractivity contribution in [1.29, 1.82) is 0 Å². The molecular formula is C30H31N3O3S. The van der Waals surface area contributed by atoms with Crippen LogP contribution in [-0.4, -0.2) is 38.4 Å². The Morgan fingerprint density at radius 1 is 0.946 bits per heavy atom. The second-order valence-corrected chi connectivity index (χ2v) is 10.6. The molecule has 190 valence electrons. The van der Waals surface area contributed by atoms with Gasteiger partial charge in [0.25, 0.3) is 0 Å². The Balaban J connectivity index is 1.66. The number of carbonyl (C=O) groups excluding carboxylic acids is 2. The van der Waals surface area contributed by atoms with E-state index in [1.165, 1.54) is 16.2 Å². The third-order valence-corrected chi connectivity index (χ3v) is 6.42. The van der Waals surface area contributed by atoms with Crippen molar-refractivity contribution in [2.75, 3.05) is 0 Å². The molecule has 0 saturated heterocycles. The first-order valence-electron chi connectivity index (χ1n) is 12.2. The van der Waals surface area contributed by atoms with Crippen molar-refractivity contribution in [2.45, 2.75) is 51.8 Å². The maximum Gasteiger partial charge on any atom is 0.411 e. The van der Waals surface area contributed by atoms with Crippen molar-refractivity contribution < 1.29 is 14.3 Å². The summed E-state index contributed by atoms with van der Waals surface area (Å²) in [5, 5.41) is 1.89. The molecule has 0 radical (unpaired) electrons. The maximum atomic E-state index is 13.9. The smallest absolute Gasteiger partial charge is 0.411 e. The quantitative estimate of drug-likeness (QED) is 0.260. The number of pyridine rings is 1. The highest BCUT2D eigenvalue weighted by Crippen LogP contribution is 2.23. The molecule has 4 rings (SSSR count). The maximum absolute atomic E-state index is 13.9. The second-order valence-electron chi connectivity index (χ2n) is 9.87. The van der Waals surface area contributed by atoms with E-state index in [2.05, 4.69) is 9.97 Å². The van der Waals surface area contributed by atoms with Gasteiger partial charge in [0.15, 0.2) is 5.78 Å². The van der Waals surface area contributed by atoms with E-state index in [0.29, 0.717) is 6.42 Å². The van der Waals surface area contributed by atoms with Crippen LogP contribution in [-0.2, 0) is 28.9 Å². The second kappa shape index (κ2) is 11.9. The number of aromatic nitrogens is 2. The zero-order valence-corrected chi connectivity index (χ0v) is 22.2. The average Bonchev–Trinajstić information content (AvgIpc) is 3.40. The highest BCUT2D eigenvalue weighted by Gasteiger charge is 2.33. The van der Waals surface area contributed by atoms with E-state index in [9.17, 15) is 9.59 Å². The molecule has 0 aliphatic heterocycles. The first-order chi connectivity index (χ1) is 17.8. The van der Waals surface area contributed by atoms with Gasteiger partial charge >= 0.3 is 6.09 Å². The van der Waals surface area contributed by atoms with Gasteiger partial charge in [-0.1, -0.05) is 54.6 Å². The highest BCUT2D eigenvalue weighted by molar-refractivity contribution is 7.07. The zero-order valence-electron chi connectivity index (χ0n) is 21.3. The van der Waals surface area contributed by atoms with Crippen molar-refractivity contribution in [2.24, 2.45) is 0 Å². The summed E-state index contributed by atoms with van der Waals surface area (Å²) in [5.41, 5.74) is 5.65. The molecule has 0 N–H and O–H groups in total. The minimum absolute atomic E-state index is 0.0585. The van der Waals surface area contributed by atoms with Crippen LogP contribution in [0.15, 0.2) is 90.0 Å². The van der Waals surface area contributed by atoms with Crippen LogP contribution in [0.25, 0.3) is 11.1 Å². The number of rotatable bonds is 9. The monoisotopic (exact) mass is 513 g/mol. The van der Waals surface area contributed by atoms with Gasteiger partial charge in [-0.15, -0.1) is 11.3 Å². The molecular weight excluding hydrogens is 482 g/mol. The summed E-state index contributed by atoms with van der Waals surface area (Å²) in [6.45, 7) is 5.67. The van der Waals surface area contributed by atoms with Crippen molar-refractivity contribution in [3.05, 3.63) is 107 Å². The summed E-state index contributed by atoms with van der Waals surface area (Å²) in [4.78, 5) is 37.3. The van der Waals surface area contributed by atoms with Crippen molar-refractivity contribution >= 4 is 23.2 Å². The van der Waals surface area contributed by atoms with E-state index < -0.39 is 17.7 Å². The number of ketones is 1. The largest absolute Gasteiger partial charge is 0.444 e. The molecule has 2 aromatic carbocycles. The topological polar surface area (TPSA) is 72.4 Å². The van der Waals surface area contributed by atoms with Crippen LogP contribution < -0.4 is 0 Å². The van der Waals surface area contributed by atoms with Crippen LogP contribution >= 0.6 is 11.3 Å². The van der Waals surface area contributed by atoms with Gasteiger partial charge in [-0.2, -0.15) is 0 Å². The fourth-order valence-electron chi connectivity index (χ4n) is 4.07. The summed E-state index contributed by atoms with van der Waals surface area (Å²) in [6.07, 6.45) is 3.54. The van der Waals surface area contributed by atoms with Gasteiger partial charge in [0, 0.05) is 30.6 Å². The van der Waals surface area contributed by atoms with Gasteiger partial charge in [0.05, 0.1) is 23.8 Å². The lowest BCUT2D eigenvalue weighted by Crippen LogP contribution is -2.48. The standard InChI is InChI=1S/C30H31N3O3S/c1-30(2,3)36-29(35)33(19-26-20-37-21-32-26)27(17-22-8-5-4-6-9-22)28(34)18-23-10-7-11-25(16-23)24-12-14-31-15-13-24/h4-16,20-21,27H,17-19H2,1-3H3/t27-/m0/s1. The van der Waals surface area contributed by atoms with Gasteiger partial charge in [0.1, 0.15) is 5.60 Å². The SMILES string of the molecule is CC(C)(C)OC(=O)N(Cc1cscn1)[C@@H](Cc1ccccc1)C(=O)Cc1cccc(-c2ccncc2)c1. The van der Waals surface area contributed by atoms with E-state index in [-0.39, 0.29) is 18.7 Å². The Morgan fingerprint density at radius 2 is 1.68 bits per heavy atom. The third kappa shape index (κ3) is 7.57. The molecule has 0 saturated carbocycles. The Labute approximate surface area is 222 Å². The Hall–Kier alpha value is -3.84. The Morgan fingerprint density at radius 3 is 2.35 bits per heavy atom. The normalized spacial score (nSPS) is 12.1. The van der Waals surface area contributed by atoms with E-state index in [4.69, 9.17) is 4.74 Å². The van der Waals surface area contributed by atoms with E-state index in [1.54, 1.807) is 17.9 Å². The van der Waals surface area contributed by atoms with Crippen LogP contribution in [0.4, 0.5) is 4.79 Å². The molecule has 2 aromatic heterocycles. The number of carbonyl (C=O) groups is 2. The van der Waals surface area contributed by atoms with Crippen molar-refractivity contribution in [1.82, 2.24) is 14.9 Å². The number of hydrogen-bond acceptors (Lipinski definition) is 6. The molecule has 0 aliphatic rings. The minimum atomic E-state index is -0.719. The lowest BCUT2D eigenvalue weighted by molar-refractivity contribution is -0.124. The number of amides is 1. The fraction of sp³-hybridized carbons (Fsp3) is 0.267. The van der Waals surface area contributed by atoms with Gasteiger partial charge in [0.2, 0.25) is 0 Å². The predicted molar refractivity (Wildman–Crippen MR) is 146 cm³/mol. The van der Waals surface area contributed by atoms with Crippen LogP contribution in [0.1, 0.15) is 37.6 Å². The summed E-state index contributed by atoms with van der Waals surface area (Å²) < 4.78 is 5.75. The van der Waals surface area contributed by atoms with E-state index in [0.717, 1.165) is 27.9 Å². The molecule has 4 aromatic rings. The molecule has 1 amide bonds. The van der Waals surface area contributed by atoms with E-state index in [1.807, 2.05) is 92.9 Å². The van der Waals surface area contributed by atoms with Gasteiger partial charge in [-0.3, -0.25) is 14.7 Å². The van der Waals surface area contributed by atoms with Crippen LogP contribution in [0.3, 0.4) is 0 Å². The average molecular weight is 514 g/mol. The molecule has 0 spiro atoms. The molecule has 6 nitrogen and oxygen atoms in total. The Bertz CT molecular complexity index is 1300. The molecule has 1 atom stereocenters. The molecule has 37 heavy (non-hydrogen) atoms. The van der Waals surface area contributed by atoms with Gasteiger partial charge < -0.3 is 4.74 Å². The minimum Gasteiger partial charge on any atom is -0.444 e. The van der Waals surface area contributed by atoms with Crippen molar-refractivity contribution in [3.8, 4) is 11.1 Å². The van der Waals surface area contributed by atoms with Crippen molar-refractivity contribution in [3.63, 3.8) is 0 Å². The molecule has 0 aliphatic carbocycles. The summed E-state index contributed by atoms with van der Waals surface area (Å²) in [6, 6.07) is 20.8. The van der Waals surface area contributed by atoms with Crippen LogP contribution in [0.5, 0.6) is 0 Å². The summed E-state index contributed by atoms with van der Waals surface area (Å²) in [5.74, 6) is -0.0585. The van der Waals surface area contributed by atoms with Gasteiger partial charge in [-0.05, 0) is 55.2 Å². The highest BCUT2D eigenvalue weighted by atomic mass is 32.1. The molecule has 0 bridgehead atoms. The number of nitrogens with zero attached hydrogens (tertiary/aromatic N) is 3. The lowest BCUT2D eigenvalue weighted by Gasteiger charge is -2.32. The fourth-order valence-corrected chi connectivity index (χ4v) is 4.62. The van der Waals surface area contributed by atoms with E-state index >= 15 is 0 Å². The predicted octanol–water partition coefficient (Wildman–Crippen LogP) is 6.37. The summed E-state index contributed by atoms with van der Waals surface area (Å²) >= 11 is 1.45. The zero-order chi connectivity index (χ0) is 26.3. The molecule has 2 heterocycles. The molecule has 7 heteroatoms. The number of Topliss-reactive ketones (excluding diaryl/α,β-unsaturated/α-hetero) is 1. The first kappa shape index (κ1) is 26.2. The lowest BCUT2D eigenvalue weighted by atomic mass is 9.95. The number of hydrogen-bond donors (Lipinski definition) is 0. The van der Waals surface area contributed by atoms with Gasteiger partial charge in [-0.25, -0.2) is 9.78 Å². The number of thiazole rings is 1. The molecule has 0 unspecified atom stereocenters. The third-order valence-electron chi connectivity index (χ3n) is 5.78. The number of ether oxygens (including phenoxy) is 1. The Kier molecular flexibility index (Phi) is 8.46. The number of benzene rings is 2. The first-order valence-corrected chi connectivity index (χ1v) is 13.2.